The number of fused-ring (bicyclic) bond motifs is 1. The predicted octanol–water partition coefficient (Wildman–Crippen LogP) is 0.921. The first-order chi connectivity index (χ1) is 9.63. The van der Waals surface area contributed by atoms with Crippen LogP contribution in [-0.2, 0) is 17.8 Å². The van der Waals surface area contributed by atoms with Crippen LogP contribution in [-0.4, -0.2) is 27.2 Å². The van der Waals surface area contributed by atoms with Crippen molar-refractivity contribution >= 4 is 5.91 Å². The number of hydrogen-bond donors (Lipinski definition) is 2. The quantitative estimate of drug-likeness (QED) is 0.838. The van der Waals surface area contributed by atoms with Gasteiger partial charge in [-0.25, -0.2) is 0 Å². The highest BCUT2D eigenvalue weighted by molar-refractivity contribution is 5.77. The van der Waals surface area contributed by atoms with Crippen molar-refractivity contribution in [1.82, 2.24) is 20.1 Å². The highest BCUT2D eigenvalue weighted by Crippen LogP contribution is 2.42. The first kappa shape index (κ1) is 13.5. The van der Waals surface area contributed by atoms with Crippen LogP contribution >= 0.6 is 0 Å². The minimum Gasteiger partial charge on any atom is -0.346 e. The third-order valence-electron chi connectivity index (χ3n) is 4.79. The van der Waals surface area contributed by atoms with Crippen molar-refractivity contribution in [3.8, 4) is 0 Å². The Morgan fingerprint density at radius 3 is 2.90 bits per heavy atom. The van der Waals surface area contributed by atoms with Gasteiger partial charge in [-0.15, -0.1) is 10.2 Å². The smallest absolute Gasteiger partial charge is 0.221 e. The maximum absolute atomic E-state index is 12.2. The summed E-state index contributed by atoms with van der Waals surface area (Å²) < 4.78 is 2.13. The molecule has 1 aliphatic carbocycles. The Kier molecular flexibility index (Phi) is 3.50. The highest BCUT2D eigenvalue weighted by Gasteiger charge is 2.37. The molecule has 0 bridgehead atoms. The van der Waals surface area contributed by atoms with Crippen LogP contribution in [0, 0.1) is 5.41 Å². The maximum Gasteiger partial charge on any atom is 0.221 e. The van der Waals surface area contributed by atoms with E-state index in [0.717, 1.165) is 43.9 Å². The van der Waals surface area contributed by atoms with Crippen LogP contribution in [0.25, 0.3) is 0 Å². The lowest BCUT2D eigenvalue weighted by Crippen LogP contribution is -2.42. The van der Waals surface area contributed by atoms with E-state index in [0.29, 0.717) is 13.0 Å². The molecule has 3 N–H and O–H groups in total. The van der Waals surface area contributed by atoms with Gasteiger partial charge in [-0.05, 0) is 38.1 Å². The second-order valence-corrected chi connectivity index (χ2v) is 6.25. The molecule has 0 spiro atoms. The first-order valence-corrected chi connectivity index (χ1v) is 7.55. The van der Waals surface area contributed by atoms with E-state index in [1.165, 1.54) is 6.42 Å². The monoisotopic (exact) mass is 277 g/mol. The third kappa shape index (κ3) is 2.32. The Labute approximate surface area is 119 Å². The zero-order valence-corrected chi connectivity index (χ0v) is 12.1. The predicted molar refractivity (Wildman–Crippen MR) is 74.9 cm³/mol. The van der Waals surface area contributed by atoms with Crippen LogP contribution in [0.5, 0.6) is 0 Å². The van der Waals surface area contributed by atoms with Crippen LogP contribution in [0.15, 0.2) is 0 Å². The summed E-state index contributed by atoms with van der Waals surface area (Å²) in [5, 5.41) is 11.5. The van der Waals surface area contributed by atoms with E-state index in [1.54, 1.807) is 0 Å². The SMILES string of the molecule is CC(NC(=O)CC1(CN)CCC1)c1nnc2n1CCC2. The molecular formula is C14H23N5O. The van der Waals surface area contributed by atoms with Gasteiger partial charge in [0.1, 0.15) is 5.82 Å². The maximum atomic E-state index is 12.2. The van der Waals surface area contributed by atoms with E-state index < -0.39 is 0 Å². The Morgan fingerprint density at radius 2 is 2.25 bits per heavy atom. The molecular weight excluding hydrogens is 254 g/mol. The van der Waals surface area contributed by atoms with Gasteiger partial charge >= 0.3 is 0 Å². The van der Waals surface area contributed by atoms with Crippen LogP contribution in [0.4, 0.5) is 0 Å². The number of rotatable bonds is 5. The van der Waals surface area contributed by atoms with Crippen molar-refractivity contribution in [3.63, 3.8) is 0 Å². The molecule has 2 aliphatic rings. The van der Waals surface area contributed by atoms with E-state index in [4.69, 9.17) is 5.73 Å². The van der Waals surface area contributed by atoms with Crippen LogP contribution in [0.2, 0.25) is 0 Å². The number of nitrogens with one attached hydrogen (secondary N) is 1. The van der Waals surface area contributed by atoms with Crippen LogP contribution in [0.3, 0.4) is 0 Å². The second kappa shape index (κ2) is 5.16. The van der Waals surface area contributed by atoms with Gasteiger partial charge < -0.3 is 15.6 Å². The molecule has 3 rings (SSSR count). The number of amides is 1. The normalized spacial score (nSPS) is 21.1. The van der Waals surface area contributed by atoms with Crippen molar-refractivity contribution in [2.45, 2.75) is 58.0 Å². The van der Waals surface area contributed by atoms with Gasteiger partial charge in [0, 0.05) is 19.4 Å². The average Bonchev–Trinajstić information content (AvgIpc) is 2.95. The molecule has 1 saturated carbocycles. The molecule has 6 nitrogen and oxygen atoms in total. The molecule has 1 aliphatic heterocycles. The van der Waals surface area contributed by atoms with Crippen molar-refractivity contribution in [2.75, 3.05) is 6.54 Å². The van der Waals surface area contributed by atoms with Crippen LogP contribution in [0.1, 0.15) is 56.7 Å². The Hall–Kier alpha value is -1.43. The summed E-state index contributed by atoms with van der Waals surface area (Å²) >= 11 is 0. The number of nitrogens with two attached hydrogens (primary N) is 1. The van der Waals surface area contributed by atoms with Crippen molar-refractivity contribution < 1.29 is 4.79 Å². The summed E-state index contributed by atoms with van der Waals surface area (Å²) in [6, 6.07) is -0.0863. The molecule has 1 atom stereocenters. The van der Waals surface area contributed by atoms with Gasteiger partial charge in [0.15, 0.2) is 5.82 Å². The molecule has 1 amide bonds. The fourth-order valence-electron chi connectivity index (χ4n) is 3.32. The fraction of sp³-hybridized carbons (Fsp3) is 0.786. The summed E-state index contributed by atoms with van der Waals surface area (Å²) in [6.45, 7) is 3.54. The van der Waals surface area contributed by atoms with E-state index in [9.17, 15) is 4.79 Å². The lowest BCUT2D eigenvalue weighted by Gasteiger charge is -2.40. The number of hydrogen-bond acceptors (Lipinski definition) is 4. The summed E-state index contributed by atoms with van der Waals surface area (Å²) in [5.41, 5.74) is 5.86. The number of aromatic nitrogens is 3. The third-order valence-corrected chi connectivity index (χ3v) is 4.79. The van der Waals surface area contributed by atoms with Crippen molar-refractivity contribution in [3.05, 3.63) is 11.6 Å². The molecule has 1 unspecified atom stereocenters. The second-order valence-electron chi connectivity index (χ2n) is 6.25. The summed E-state index contributed by atoms with van der Waals surface area (Å²) in [6.07, 6.45) is 5.99. The van der Waals surface area contributed by atoms with Crippen molar-refractivity contribution in [1.29, 1.82) is 0 Å². The van der Waals surface area contributed by atoms with Crippen molar-refractivity contribution in [2.24, 2.45) is 11.1 Å². The molecule has 1 aromatic rings. The standard InChI is InChI=1S/C14H23N5O/c1-10(13-18-17-11-4-2-7-19(11)13)16-12(20)8-14(9-15)5-3-6-14/h10H,2-9,15H2,1H3,(H,16,20). The largest absolute Gasteiger partial charge is 0.346 e. The molecule has 0 aromatic carbocycles. The molecule has 1 fully saturated rings. The van der Waals surface area contributed by atoms with Gasteiger partial charge in [0.2, 0.25) is 5.91 Å². The minimum absolute atomic E-state index is 0.0522. The van der Waals surface area contributed by atoms with E-state index >= 15 is 0 Å². The number of aryl methyl sites for hydroxylation is 1. The minimum atomic E-state index is -0.0863. The number of carbonyl (C=O) groups excluding carboxylic acids is 1. The molecule has 0 saturated heterocycles. The Morgan fingerprint density at radius 1 is 1.45 bits per heavy atom. The molecule has 1 aromatic heterocycles. The zero-order chi connectivity index (χ0) is 14.2. The van der Waals surface area contributed by atoms with E-state index in [2.05, 4.69) is 20.1 Å². The molecule has 0 radical (unpaired) electrons. The Balaban J connectivity index is 1.61. The number of carbonyl (C=O) groups is 1. The van der Waals surface area contributed by atoms with Gasteiger partial charge in [0.05, 0.1) is 6.04 Å². The summed E-state index contributed by atoms with van der Waals surface area (Å²) in [4.78, 5) is 12.2. The van der Waals surface area contributed by atoms with E-state index in [-0.39, 0.29) is 17.4 Å². The average molecular weight is 277 g/mol. The van der Waals surface area contributed by atoms with Gasteiger partial charge in [0.25, 0.3) is 0 Å². The molecule has 6 heteroatoms. The molecule has 2 heterocycles. The van der Waals surface area contributed by atoms with Gasteiger partial charge in [-0.1, -0.05) is 6.42 Å². The zero-order valence-electron chi connectivity index (χ0n) is 12.1. The summed E-state index contributed by atoms with van der Waals surface area (Å²) in [7, 11) is 0. The van der Waals surface area contributed by atoms with Gasteiger partial charge in [-0.2, -0.15) is 0 Å². The molecule has 20 heavy (non-hydrogen) atoms. The lowest BCUT2D eigenvalue weighted by atomic mass is 9.66. The van der Waals surface area contributed by atoms with Gasteiger partial charge in [-0.3, -0.25) is 4.79 Å². The first-order valence-electron chi connectivity index (χ1n) is 7.55. The Bertz CT molecular complexity index is 500. The highest BCUT2D eigenvalue weighted by atomic mass is 16.1. The van der Waals surface area contributed by atoms with E-state index in [1.807, 2.05) is 6.92 Å². The topological polar surface area (TPSA) is 85.8 Å². The summed E-state index contributed by atoms with van der Waals surface area (Å²) in [5.74, 6) is 2.00. The number of nitrogens with zero attached hydrogens (tertiary/aromatic N) is 3. The lowest BCUT2D eigenvalue weighted by molar-refractivity contribution is -0.125. The molecule has 110 valence electrons. The van der Waals surface area contributed by atoms with Crippen LogP contribution < -0.4 is 11.1 Å². The fourth-order valence-corrected chi connectivity index (χ4v) is 3.32.